The Hall–Kier alpha value is -3.25. The smallest absolute Gasteiger partial charge is 0.338 e. The number of benzene rings is 2. The predicted octanol–water partition coefficient (Wildman–Crippen LogP) is 3.41. The van der Waals surface area contributed by atoms with Crippen LogP contribution in [0.15, 0.2) is 42.6 Å². The molecular formula is C25H25N3O3. The first-order valence-corrected chi connectivity index (χ1v) is 10.7. The first-order chi connectivity index (χ1) is 15.0. The molecule has 1 amide bonds. The minimum atomic E-state index is -0.232. The highest BCUT2D eigenvalue weighted by Crippen LogP contribution is 2.27. The van der Waals surface area contributed by atoms with Crippen LogP contribution in [0.2, 0.25) is 0 Å². The molecule has 1 aromatic heterocycles. The van der Waals surface area contributed by atoms with Crippen molar-refractivity contribution in [3.05, 3.63) is 70.4 Å². The van der Waals surface area contributed by atoms with Gasteiger partial charge in [0.1, 0.15) is 6.61 Å². The number of carbonyl (C=O) groups is 2. The van der Waals surface area contributed by atoms with E-state index in [4.69, 9.17) is 4.74 Å². The van der Waals surface area contributed by atoms with Gasteiger partial charge >= 0.3 is 5.97 Å². The topological polar surface area (TPSA) is 62.7 Å². The largest absolute Gasteiger partial charge is 0.457 e. The molecule has 31 heavy (non-hydrogen) atoms. The number of hydrogen-bond acceptors (Lipinski definition) is 5. The van der Waals surface area contributed by atoms with Crippen LogP contribution in [0.4, 0.5) is 5.69 Å². The van der Waals surface area contributed by atoms with Gasteiger partial charge in [0.25, 0.3) is 0 Å². The first-order valence-electron chi connectivity index (χ1n) is 10.7. The van der Waals surface area contributed by atoms with Gasteiger partial charge in [-0.15, -0.1) is 0 Å². The van der Waals surface area contributed by atoms with Crippen LogP contribution < -0.4 is 4.90 Å². The monoisotopic (exact) mass is 415 g/mol. The van der Waals surface area contributed by atoms with E-state index in [1.165, 1.54) is 11.1 Å². The lowest BCUT2D eigenvalue weighted by atomic mass is 9.96. The lowest BCUT2D eigenvalue weighted by molar-refractivity contribution is -0.121. The lowest BCUT2D eigenvalue weighted by Crippen LogP contribution is -2.51. The molecule has 5 rings (SSSR count). The lowest BCUT2D eigenvalue weighted by Gasteiger charge is -2.34. The molecule has 2 aliphatic rings. The van der Waals surface area contributed by atoms with Gasteiger partial charge in [-0.25, -0.2) is 4.79 Å². The molecule has 3 aromatic rings. The van der Waals surface area contributed by atoms with Crippen molar-refractivity contribution in [3.63, 3.8) is 0 Å². The van der Waals surface area contributed by atoms with E-state index < -0.39 is 0 Å². The Morgan fingerprint density at radius 1 is 1.06 bits per heavy atom. The van der Waals surface area contributed by atoms with Gasteiger partial charge in [-0.2, -0.15) is 0 Å². The zero-order valence-corrected chi connectivity index (χ0v) is 17.9. The van der Waals surface area contributed by atoms with Crippen molar-refractivity contribution < 1.29 is 14.3 Å². The standard InChI is InChI=1S/C25H25N3O3/c1-16-3-4-19-12-20(13-26-23(19)11-16)28-10-9-27(14-24(28)29)8-7-18-5-6-21-22(17(18)2)15-31-25(21)30/h3-6,11-13H,7-10,14-15H2,1-2H3. The number of fused-ring (bicyclic) bond motifs is 2. The van der Waals surface area contributed by atoms with Crippen LogP contribution in [0.1, 0.15) is 32.6 Å². The molecule has 0 unspecified atom stereocenters. The quantitative estimate of drug-likeness (QED) is 0.611. The number of rotatable bonds is 4. The van der Waals surface area contributed by atoms with Crippen LogP contribution in [0.25, 0.3) is 10.9 Å². The fraction of sp³-hybridized carbons (Fsp3) is 0.320. The van der Waals surface area contributed by atoms with Crippen molar-refractivity contribution in [1.29, 1.82) is 0 Å². The third kappa shape index (κ3) is 3.68. The highest BCUT2D eigenvalue weighted by Gasteiger charge is 2.27. The summed E-state index contributed by atoms with van der Waals surface area (Å²) in [6.45, 7) is 7.15. The average Bonchev–Trinajstić information content (AvgIpc) is 3.14. The maximum absolute atomic E-state index is 12.9. The van der Waals surface area contributed by atoms with Gasteiger partial charge in [0.15, 0.2) is 0 Å². The number of hydrogen-bond donors (Lipinski definition) is 0. The number of nitrogens with zero attached hydrogens (tertiary/aromatic N) is 3. The summed E-state index contributed by atoms with van der Waals surface area (Å²) in [4.78, 5) is 33.2. The molecule has 6 heteroatoms. The number of ether oxygens (including phenoxy) is 1. The van der Waals surface area contributed by atoms with E-state index in [1.807, 2.05) is 30.0 Å². The van der Waals surface area contributed by atoms with E-state index in [9.17, 15) is 9.59 Å². The minimum absolute atomic E-state index is 0.101. The van der Waals surface area contributed by atoms with Crippen LogP contribution >= 0.6 is 0 Å². The fourth-order valence-corrected chi connectivity index (χ4v) is 4.50. The minimum Gasteiger partial charge on any atom is -0.457 e. The molecule has 2 aromatic carbocycles. The Bertz CT molecular complexity index is 1200. The summed E-state index contributed by atoms with van der Waals surface area (Å²) in [7, 11) is 0. The third-order valence-electron chi connectivity index (χ3n) is 6.41. The maximum atomic E-state index is 12.9. The molecule has 0 spiro atoms. The Balaban J connectivity index is 1.24. The van der Waals surface area contributed by atoms with E-state index in [-0.39, 0.29) is 11.9 Å². The molecule has 1 fully saturated rings. The van der Waals surface area contributed by atoms with Crippen molar-refractivity contribution in [2.45, 2.75) is 26.9 Å². The third-order valence-corrected chi connectivity index (χ3v) is 6.41. The molecule has 158 valence electrons. The molecule has 3 heterocycles. The summed E-state index contributed by atoms with van der Waals surface area (Å²) in [5.74, 6) is -0.131. The molecule has 0 saturated carbocycles. The normalized spacial score (nSPS) is 16.6. The number of aryl methyl sites for hydroxylation is 1. The Morgan fingerprint density at radius 2 is 1.94 bits per heavy atom. The molecule has 6 nitrogen and oxygen atoms in total. The van der Waals surface area contributed by atoms with Gasteiger partial charge in [-0.3, -0.25) is 14.7 Å². The summed E-state index contributed by atoms with van der Waals surface area (Å²) in [6.07, 6.45) is 2.64. The molecular weight excluding hydrogens is 390 g/mol. The van der Waals surface area contributed by atoms with Crippen LogP contribution in [-0.2, 0) is 22.6 Å². The Labute approximate surface area is 181 Å². The Kier molecular flexibility index (Phi) is 4.94. The molecule has 0 atom stereocenters. The van der Waals surface area contributed by atoms with E-state index in [0.29, 0.717) is 25.3 Å². The summed E-state index contributed by atoms with van der Waals surface area (Å²) >= 11 is 0. The highest BCUT2D eigenvalue weighted by molar-refractivity contribution is 5.97. The van der Waals surface area contributed by atoms with Crippen LogP contribution in [0, 0.1) is 13.8 Å². The summed E-state index contributed by atoms with van der Waals surface area (Å²) in [5, 5.41) is 1.05. The van der Waals surface area contributed by atoms with Crippen molar-refractivity contribution in [2.24, 2.45) is 0 Å². The van der Waals surface area contributed by atoms with Crippen LogP contribution in [0.5, 0.6) is 0 Å². The highest BCUT2D eigenvalue weighted by atomic mass is 16.5. The van der Waals surface area contributed by atoms with E-state index in [1.54, 1.807) is 6.20 Å². The summed E-state index contributed by atoms with van der Waals surface area (Å²) in [6, 6.07) is 12.1. The zero-order valence-electron chi connectivity index (χ0n) is 17.9. The van der Waals surface area contributed by atoms with Crippen molar-refractivity contribution in [1.82, 2.24) is 9.88 Å². The maximum Gasteiger partial charge on any atom is 0.338 e. The number of amides is 1. The van der Waals surface area contributed by atoms with Crippen molar-refractivity contribution in [2.75, 3.05) is 31.1 Å². The molecule has 2 aliphatic heterocycles. The van der Waals surface area contributed by atoms with E-state index >= 15 is 0 Å². The van der Waals surface area contributed by atoms with Gasteiger partial charge in [-0.1, -0.05) is 18.2 Å². The van der Waals surface area contributed by atoms with Crippen LogP contribution in [0.3, 0.4) is 0 Å². The molecule has 1 saturated heterocycles. The Morgan fingerprint density at radius 3 is 2.77 bits per heavy atom. The fourth-order valence-electron chi connectivity index (χ4n) is 4.50. The van der Waals surface area contributed by atoms with Crippen molar-refractivity contribution in [3.8, 4) is 0 Å². The predicted molar refractivity (Wildman–Crippen MR) is 119 cm³/mol. The van der Waals surface area contributed by atoms with Gasteiger partial charge in [0, 0.05) is 30.6 Å². The SMILES string of the molecule is Cc1ccc2cc(N3CCN(CCc4ccc5c(c4C)COC5=O)CC3=O)cnc2c1. The average molecular weight is 415 g/mol. The second-order valence-electron chi connectivity index (χ2n) is 8.41. The summed E-state index contributed by atoms with van der Waals surface area (Å²) < 4.78 is 5.15. The van der Waals surface area contributed by atoms with Gasteiger partial charge in [-0.05, 0) is 55.2 Å². The molecule has 0 N–H and O–H groups in total. The molecule has 0 radical (unpaired) electrons. The van der Waals surface area contributed by atoms with Gasteiger partial charge < -0.3 is 9.64 Å². The molecule has 0 bridgehead atoms. The van der Waals surface area contributed by atoms with Crippen molar-refractivity contribution >= 4 is 28.5 Å². The number of esters is 1. The number of aromatic nitrogens is 1. The number of piperazine rings is 1. The number of cyclic esters (lactones) is 1. The number of anilines is 1. The van der Waals surface area contributed by atoms with E-state index in [2.05, 4.69) is 35.0 Å². The summed E-state index contributed by atoms with van der Waals surface area (Å²) in [5.41, 5.74) is 7.01. The van der Waals surface area contributed by atoms with E-state index in [0.717, 1.165) is 47.2 Å². The zero-order chi connectivity index (χ0) is 21.5. The molecule has 0 aliphatic carbocycles. The second-order valence-corrected chi connectivity index (χ2v) is 8.41. The number of carbonyl (C=O) groups excluding carboxylic acids is 2. The van der Waals surface area contributed by atoms with Gasteiger partial charge in [0.05, 0.1) is 29.5 Å². The van der Waals surface area contributed by atoms with Gasteiger partial charge in [0.2, 0.25) is 5.91 Å². The second kappa shape index (κ2) is 7.78. The number of pyridine rings is 1. The first kappa shape index (κ1) is 19.7. The van der Waals surface area contributed by atoms with Crippen LogP contribution in [-0.4, -0.2) is 47.9 Å².